The molecule has 3 heteroatoms. The number of allylic oxidation sites excluding steroid dienone is 1. The van der Waals surface area contributed by atoms with Crippen molar-refractivity contribution in [1.82, 2.24) is 4.98 Å². The van der Waals surface area contributed by atoms with E-state index in [9.17, 15) is 0 Å². The maximum absolute atomic E-state index is 6.14. The zero-order chi connectivity index (χ0) is 16.7. The van der Waals surface area contributed by atoms with Crippen molar-refractivity contribution in [2.45, 2.75) is 20.4 Å². The van der Waals surface area contributed by atoms with Gasteiger partial charge in [-0.25, -0.2) is 4.98 Å². The Labute approximate surface area is 147 Å². The Morgan fingerprint density at radius 1 is 1.04 bits per heavy atom. The number of pyridine rings is 1. The number of hydrogen-bond donors (Lipinski definition) is 0. The molecule has 2 nitrogen and oxygen atoms in total. The quantitative estimate of drug-likeness (QED) is 0.579. The number of halogens is 1. The molecule has 2 heterocycles. The van der Waals surface area contributed by atoms with E-state index in [4.69, 9.17) is 16.6 Å². The Morgan fingerprint density at radius 2 is 1.83 bits per heavy atom. The van der Waals surface area contributed by atoms with Crippen LogP contribution in [0.2, 0.25) is 5.02 Å². The standard InChI is InChI=1S/C21H19ClN2/c1-14(2)21-12-20-16(13-24(21)18-6-4-3-5-7-18)10-15-11-17(22)8-9-19(15)23-20/h3-12,14H,13H2,1-2H3. The molecule has 0 saturated carbocycles. The van der Waals surface area contributed by atoms with E-state index >= 15 is 0 Å². The third-order valence-electron chi connectivity index (χ3n) is 4.47. The molecule has 1 aliphatic heterocycles. The van der Waals surface area contributed by atoms with E-state index in [0.29, 0.717) is 5.92 Å². The summed E-state index contributed by atoms with van der Waals surface area (Å²) in [4.78, 5) is 7.24. The molecule has 0 atom stereocenters. The molecule has 0 amide bonds. The highest BCUT2D eigenvalue weighted by molar-refractivity contribution is 6.31. The van der Waals surface area contributed by atoms with Crippen LogP contribution in [0.1, 0.15) is 25.1 Å². The fourth-order valence-corrected chi connectivity index (χ4v) is 3.44. The van der Waals surface area contributed by atoms with E-state index in [1.807, 2.05) is 18.2 Å². The van der Waals surface area contributed by atoms with Gasteiger partial charge < -0.3 is 4.90 Å². The third-order valence-corrected chi connectivity index (χ3v) is 4.71. The summed E-state index contributed by atoms with van der Waals surface area (Å²) in [5, 5.41) is 1.84. The summed E-state index contributed by atoms with van der Waals surface area (Å²) in [6, 6.07) is 18.6. The smallest absolute Gasteiger partial charge is 0.0710 e. The van der Waals surface area contributed by atoms with Crippen LogP contribution in [0.3, 0.4) is 0 Å². The topological polar surface area (TPSA) is 16.1 Å². The fraction of sp³-hybridized carbons (Fsp3) is 0.190. The highest BCUT2D eigenvalue weighted by atomic mass is 35.5. The Bertz CT molecular complexity index is 929. The molecule has 0 spiro atoms. The molecular formula is C21H19ClN2. The van der Waals surface area contributed by atoms with Crippen LogP contribution in [-0.4, -0.2) is 4.98 Å². The van der Waals surface area contributed by atoms with Crippen LogP contribution in [0.4, 0.5) is 5.69 Å². The number of anilines is 1. The van der Waals surface area contributed by atoms with Crippen molar-refractivity contribution in [3.8, 4) is 0 Å². The Balaban J connectivity index is 1.87. The Hall–Kier alpha value is -2.32. The van der Waals surface area contributed by atoms with Gasteiger partial charge in [-0.2, -0.15) is 0 Å². The summed E-state index contributed by atoms with van der Waals surface area (Å²) in [7, 11) is 0. The maximum atomic E-state index is 6.14. The van der Waals surface area contributed by atoms with Crippen molar-refractivity contribution in [1.29, 1.82) is 0 Å². The summed E-state index contributed by atoms with van der Waals surface area (Å²) in [6.45, 7) is 5.29. The summed E-state index contributed by atoms with van der Waals surface area (Å²) >= 11 is 6.14. The van der Waals surface area contributed by atoms with Gasteiger partial charge in [0, 0.05) is 28.3 Å². The van der Waals surface area contributed by atoms with E-state index in [1.54, 1.807) is 0 Å². The second-order valence-corrected chi connectivity index (χ2v) is 6.95. The van der Waals surface area contributed by atoms with Gasteiger partial charge in [0.1, 0.15) is 0 Å². The molecule has 0 bridgehead atoms. The van der Waals surface area contributed by atoms with Gasteiger partial charge in [0.05, 0.1) is 11.2 Å². The first kappa shape index (κ1) is 15.2. The summed E-state index contributed by atoms with van der Waals surface area (Å²) in [6.07, 6.45) is 2.23. The molecule has 1 aliphatic rings. The lowest BCUT2D eigenvalue weighted by molar-refractivity contribution is 0.702. The predicted octanol–water partition coefficient (Wildman–Crippen LogP) is 5.91. The van der Waals surface area contributed by atoms with Crippen molar-refractivity contribution in [3.05, 3.63) is 76.6 Å². The molecule has 0 saturated heterocycles. The fourth-order valence-electron chi connectivity index (χ4n) is 3.26. The van der Waals surface area contributed by atoms with Crippen LogP contribution >= 0.6 is 11.6 Å². The summed E-state index contributed by atoms with van der Waals surface area (Å²) in [5.74, 6) is 0.432. The van der Waals surface area contributed by atoms with E-state index in [2.05, 4.69) is 61.2 Å². The summed E-state index contributed by atoms with van der Waals surface area (Å²) < 4.78 is 0. The first-order chi connectivity index (χ1) is 11.6. The average Bonchev–Trinajstić information content (AvgIpc) is 2.59. The van der Waals surface area contributed by atoms with Gasteiger partial charge in [0.2, 0.25) is 0 Å². The Kier molecular flexibility index (Phi) is 3.78. The average molecular weight is 335 g/mol. The second kappa shape index (κ2) is 5.95. The summed E-state index contributed by atoms with van der Waals surface area (Å²) in [5.41, 5.74) is 5.81. The van der Waals surface area contributed by atoms with Gasteiger partial charge in [-0.1, -0.05) is 43.6 Å². The van der Waals surface area contributed by atoms with Crippen molar-refractivity contribution in [2.24, 2.45) is 5.92 Å². The molecule has 0 N–H and O–H groups in total. The molecule has 4 rings (SSSR count). The number of aromatic nitrogens is 1. The minimum Gasteiger partial charge on any atom is -0.340 e. The van der Waals surface area contributed by atoms with Crippen LogP contribution in [0.15, 0.2) is 60.3 Å². The molecular weight excluding hydrogens is 316 g/mol. The first-order valence-electron chi connectivity index (χ1n) is 8.25. The number of benzene rings is 2. The van der Waals surface area contributed by atoms with Gasteiger partial charge in [-0.15, -0.1) is 0 Å². The van der Waals surface area contributed by atoms with Gasteiger partial charge in [-0.3, -0.25) is 0 Å². The lowest BCUT2D eigenvalue weighted by Gasteiger charge is -2.34. The largest absolute Gasteiger partial charge is 0.340 e. The highest BCUT2D eigenvalue weighted by Gasteiger charge is 2.22. The second-order valence-electron chi connectivity index (χ2n) is 6.52. The molecule has 2 aromatic carbocycles. The SMILES string of the molecule is CC(C)C1=Cc2nc3ccc(Cl)cc3cc2CN1c1ccccc1. The number of rotatable bonds is 2. The molecule has 0 fully saturated rings. The molecule has 0 unspecified atom stereocenters. The molecule has 0 radical (unpaired) electrons. The number of nitrogens with zero attached hydrogens (tertiary/aromatic N) is 2. The van der Waals surface area contributed by atoms with Crippen LogP contribution in [0, 0.1) is 5.92 Å². The first-order valence-corrected chi connectivity index (χ1v) is 8.63. The van der Waals surface area contributed by atoms with Crippen molar-refractivity contribution < 1.29 is 0 Å². The van der Waals surface area contributed by atoms with Crippen molar-refractivity contribution in [3.63, 3.8) is 0 Å². The van der Waals surface area contributed by atoms with Gasteiger partial charge in [0.25, 0.3) is 0 Å². The van der Waals surface area contributed by atoms with Crippen LogP contribution in [0.25, 0.3) is 17.0 Å². The molecule has 1 aromatic heterocycles. The van der Waals surface area contributed by atoms with Gasteiger partial charge in [-0.05, 0) is 54.0 Å². The zero-order valence-corrected chi connectivity index (χ0v) is 14.6. The molecule has 3 aromatic rings. The Morgan fingerprint density at radius 3 is 2.58 bits per heavy atom. The predicted molar refractivity (Wildman–Crippen MR) is 102 cm³/mol. The van der Waals surface area contributed by atoms with Crippen molar-refractivity contribution in [2.75, 3.05) is 4.90 Å². The minimum absolute atomic E-state index is 0.432. The van der Waals surface area contributed by atoms with E-state index in [-0.39, 0.29) is 0 Å². The van der Waals surface area contributed by atoms with Crippen LogP contribution < -0.4 is 4.90 Å². The zero-order valence-electron chi connectivity index (χ0n) is 13.8. The van der Waals surface area contributed by atoms with E-state index in [0.717, 1.165) is 28.2 Å². The van der Waals surface area contributed by atoms with Crippen LogP contribution in [-0.2, 0) is 6.54 Å². The van der Waals surface area contributed by atoms with Gasteiger partial charge in [0.15, 0.2) is 0 Å². The molecule has 0 aliphatic carbocycles. The van der Waals surface area contributed by atoms with Gasteiger partial charge >= 0.3 is 0 Å². The monoisotopic (exact) mass is 334 g/mol. The van der Waals surface area contributed by atoms with E-state index < -0.39 is 0 Å². The molecule has 24 heavy (non-hydrogen) atoms. The van der Waals surface area contributed by atoms with Crippen LogP contribution in [0.5, 0.6) is 0 Å². The van der Waals surface area contributed by atoms with Crippen molar-refractivity contribution >= 4 is 34.3 Å². The minimum atomic E-state index is 0.432. The number of para-hydroxylation sites is 1. The lowest BCUT2D eigenvalue weighted by atomic mass is 9.98. The third kappa shape index (κ3) is 2.67. The highest BCUT2D eigenvalue weighted by Crippen LogP contribution is 2.34. The number of fused-ring (bicyclic) bond motifs is 2. The normalized spacial score (nSPS) is 14.0. The molecule has 120 valence electrons. The van der Waals surface area contributed by atoms with E-state index in [1.165, 1.54) is 16.9 Å². The lowest BCUT2D eigenvalue weighted by Crippen LogP contribution is -2.28. The maximum Gasteiger partial charge on any atom is 0.0710 e. The number of hydrogen-bond acceptors (Lipinski definition) is 2.